The quantitative estimate of drug-likeness (QED) is 0.741. The van der Waals surface area contributed by atoms with E-state index in [-0.39, 0.29) is 24.2 Å². The number of benzene rings is 1. The number of carbonyl (C=O) groups excluding carboxylic acids is 1. The van der Waals surface area contributed by atoms with Crippen molar-refractivity contribution >= 4 is 30.0 Å². The van der Waals surface area contributed by atoms with Gasteiger partial charge in [0.1, 0.15) is 0 Å². The van der Waals surface area contributed by atoms with Gasteiger partial charge >= 0.3 is 0 Å². The lowest BCUT2D eigenvalue weighted by Crippen LogP contribution is -2.35. The number of halogens is 1. The molecule has 1 aromatic carbocycles. The number of carbonyl (C=O) groups is 1. The van der Waals surface area contributed by atoms with E-state index in [1.54, 1.807) is 11.8 Å². The molecule has 2 nitrogen and oxygen atoms in total. The van der Waals surface area contributed by atoms with Crippen LogP contribution in [0.25, 0.3) is 0 Å². The number of ketones is 1. The highest BCUT2D eigenvalue weighted by atomic mass is 35.5. The molecule has 2 N–H and O–H groups in total. The molecular weight excluding hydrogens is 218 g/mol. The Balaban J connectivity index is 0.000000980. The second-order valence-corrected chi connectivity index (χ2v) is 4.34. The van der Waals surface area contributed by atoms with Gasteiger partial charge in [-0.2, -0.15) is 0 Å². The smallest absolute Gasteiger partial charge is 0.181 e. The van der Waals surface area contributed by atoms with Crippen molar-refractivity contribution in [1.82, 2.24) is 0 Å². The Kier molecular flexibility index (Phi) is 3.59. The van der Waals surface area contributed by atoms with E-state index in [0.29, 0.717) is 5.75 Å². The van der Waals surface area contributed by atoms with Gasteiger partial charge in [-0.3, -0.25) is 4.79 Å². The summed E-state index contributed by atoms with van der Waals surface area (Å²) in [6.45, 7) is 1.98. The highest BCUT2D eigenvalue weighted by Crippen LogP contribution is 2.29. The molecule has 0 saturated carbocycles. The predicted octanol–water partition coefficient (Wildman–Crippen LogP) is 2.03. The molecule has 0 bridgehead atoms. The van der Waals surface area contributed by atoms with E-state index in [9.17, 15) is 4.79 Å². The van der Waals surface area contributed by atoms with Crippen molar-refractivity contribution in [1.29, 1.82) is 0 Å². The Hall–Kier alpha value is -0.510. The van der Waals surface area contributed by atoms with E-state index in [4.69, 9.17) is 5.73 Å². The summed E-state index contributed by atoms with van der Waals surface area (Å²) in [7, 11) is 0. The largest absolute Gasteiger partial charge is 0.321 e. The molecule has 1 aromatic rings. The van der Waals surface area contributed by atoms with Gasteiger partial charge in [-0.1, -0.05) is 11.6 Å². The summed E-state index contributed by atoms with van der Waals surface area (Å²) >= 11 is 1.66. The van der Waals surface area contributed by atoms with E-state index < -0.39 is 0 Å². The number of Topliss-reactive ketones (excluding diaryl/α,β-unsaturated/α-hetero) is 1. The summed E-state index contributed by atoms with van der Waals surface area (Å²) in [5, 5.41) is 0. The highest BCUT2D eigenvalue weighted by Gasteiger charge is 2.24. The SMILES string of the molecule is Cc1ccc2c(c1)C(=O)C(N)CS2.Cl. The van der Waals surface area contributed by atoms with Gasteiger partial charge in [0.15, 0.2) is 5.78 Å². The lowest BCUT2D eigenvalue weighted by atomic mass is 10.0. The normalized spacial score (nSPS) is 19.9. The van der Waals surface area contributed by atoms with Crippen LogP contribution in [0.3, 0.4) is 0 Å². The third kappa shape index (κ3) is 1.95. The fourth-order valence-electron chi connectivity index (χ4n) is 1.42. The number of hydrogen-bond acceptors (Lipinski definition) is 3. The van der Waals surface area contributed by atoms with Gasteiger partial charge < -0.3 is 5.73 Å². The number of fused-ring (bicyclic) bond motifs is 1. The van der Waals surface area contributed by atoms with E-state index >= 15 is 0 Å². The molecule has 1 aliphatic rings. The number of aryl methyl sites for hydroxylation is 1. The van der Waals surface area contributed by atoms with E-state index in [0.717, 1.165) is 16.0 Å². The van der Waals surface area contributed by atoms with Crippen molar-refractivity contribution in [3.8, 4) is 0 Å². The molecule has 1 unspecified atom stereocenters. The van der Waals surface area contributed by atoms with E-state index in [1.807, 2.05) is 25.1 Å². The Morgan fingerprint density at radius 3 is 2.93 bits per heavy atom. The molecular formula is C10H12ClNOS. The minimum Gasteiger partial charge on any atom is -0.321 e. The van der Waals surface area contributed by atoms with Crippen LogP contribution < -0.4 is 5.73 Å². The number of rotatable bonds is 0. The molecule has 1 atom stereocenters. The maximum absolute atomic E-state index is 11.6. The maximum Gasteiger partial charge on any atom is 0.181 e. The lowest BCUT2D eigenvalue weighted by molar-refractivity contribution is 0.0964. The molecule has 0 radical (unpaired) electrons. The first-order valence-electron chi connectivity index (χ1n) is 4.22. The van der Waals surface area contributed by atoms with E-state index in [1.165, 1.54) is 0 Å². The predicted molar refractivity (Wildman–Crippen MR) is 61.5 cm³/mol. The van der Waals surface area contributed by atoms with Crippen LogP contribution in [0.5, 0.6) is 0 Å². The van der Waals surface area contributed by atoms with Crippen molar-refractivity contribution in [3.63, 3.8) is 0 Å². The van der Waals surface area contributed by atoms with Crippen LogP contribution in [0.1, 0.15) is 15.9 Å². The van der Waals surface area contributed by atoms with Crippen LogP contribution in [-0.2, 0) is 0 Å². The summed E-state index contributed by atoms with van der Waals surface area (Å²) in [5.41, 5.74) is 7.58. The fourth-order valence-corrected chi connectivity index (χ4v) is 2.41. The zero-order chi connectivity index (χ0) is 9.42. The summed E-state index contributed by atoms with van der Waals surface area (Å²) in [5.74, 6) is 0.784. The van der Waals surface area contributed by atoms with Gasteiger partial charge in [0.2, 0.25) is 0 Å². The molecule has 1 aliphatic heterocycles. The number of thioether (sulfide) groups is 1. The van der Waals surface area contributed by atoms with Crippen molar-refractivity contribution in [2.75, 3.05) is 5.75 Å². The molecule has 0 saturated heterocycles. The molecule has 0 aliphatic carbocycles. The van der Waals surface area contributed by atoms with Crippen LogP contribution in [-0.4, -0.2) is 17.6 Å². The molecule has 4 heteroatoms. The van der Waals surface area contributed by atoms with Crippen LogP contribution in [0.15, 0.2) is 23.1 Å². The molecule has 76 valence electrons. The molecule has 0 spiro atoms. The van der Waals surface area contributed by atoms with Gasteiger partial charge in [-0.05, 0) is 19.1 Å². The molecule has 0 aromatic heterocycles. The van der Waals surface area contributed by atoms with Crippen molar-refractivity contribution in [2.24, 2.45) is 5.73 Å². The maximum atomic E-state index is 11.6. The first-order chi connectivity index (χ1) is 6.18. The van der Waals surface area contributed by atoms with Gasteiger partial charge in [-0.15, -0.1) is 24.2 Å². The average Bonchev–Trinajstić information content (AvgIpc) is 2.12. The molecule has 14 heavy (non-hydrogen) atoms. The number of hydrogen-bond donors (Lipinski definition) is 1. The summed E-state index contributed by atoms with van der Waals surface area (Å²) in [6, 6.07) is 5.62. The second-order valence-electron chi connectivity index (χ2n) is 3.28. The standard InChI is InChI=1S/C10H11NOS.ClH/c1-6-2-3-9-7(4-6)10(12)8(11)5-13-9;/h2-4,8H,5,11H2,1H3;1H. The molecule has 1 heterocycles. The summed E-state index contributed by atoms with van der Waals surface area (Å²) in [4.78, 5) is 12.7. The summed E-state index contributed by atoms with van der Waals surface area (Å²) < 4.78 is 0. The van der Waals surface area contributed by atoms with Crippen molar-refractivity contribution in [2.45, 2.75) is 17.9 Å². The minimum atomic E-state index is -0.320. The third-order valence-corrected chi connectivity index (χ3v) is 3.35. The van der Waals surface area contributed by atoms with Gasteiger partial charge in [0.25, 0.3) is 0 Å². The Morgan fingerprint density at radius 1 is 1.50 bits per heavy atom. The Labute approximate surface area is 93.7 Å². The van der Waals surface area contributed by atoms with Crippen molar-refractivity contribution < 1.29 is 4.79 Å². The highest BCUT2D eigenvalue weighted by molar-refractivity contribution is 7.99. The van der Waals surface area contributed by atoms with E-state index in [2.05, 4.69) is 0 Å². The van der Waals surface area contributed by atoms with Gasteiger partial charge in [0.05, 0.1) is 6.04 Å². The molecule has 0 fully saturated rings. The van der Waals surface area contributed by atoms with Gasteiger partial charge in [0, 0.05) is 16.2 Å². The van der Waals surface area contributed by atoms with Crippen LogP contribution >= 0.6 is 24.2 Å². The second kappa shape index (κ2) is 4.34. The molecule has 2 rings (SSSR count). The number of nitrogens with two attached hydrogens (primary N) is 1. The zero-order valence-electron chi connectivity index (χ0n) is 7.82. The Bertz CT molecular complexity index is 367. The molecule has 0 amide bonds. The third-order valence-electron chi connectivity index (χ3n) is 2.16. The summed E-state index contributed by atoms with van der Waals surface area (Å²) in [6.07, 6.45) is 0. The average molecular weight is 230 g/mol. The first-order valence-corrected chi connectivity index (χ1v) is 5.20. The Morgan fingerprint density at radius 2 is 2.21 bits per heavy atom. The van der Waals surface area contributed by atoms with Gasteiger partial charge in [-0.25, -0.2) is 0 Å². The first kappa shape index (κ1) is 11.6. The van der Waals surface area contributed by atoms with Crippen LogP contribution in [0.4, 0.5) is 0 Å². The minimum absolute atomic E-state index is 0. The van der Waals surface area contributed by atoms with Crippen molar-refractivity contribution in [3.05, 3.63) is 29.3 Å². The lowest BCUT2D eigenvalue weighted by Gasteiger charge is -2.19. The van der Waals surface area contributed by atoms with Crippen LogP contribution in [0, 0.1) is 6.92 Å². The van der Waals surface area contributed by atoms with Crippen LogP contribution in [0.2, 0.25) is 0 Å². The fraction of sp³-hybridized carbons (Fsp3) is 0.300. The zero-order valence-corrected chi connectivity index (χ0v) is 9.45. The topological polar surface area (TPSA) is 43.1 Å². The monoisotopic (exact) mass is 229 g/mol.